The summed E-state index contributed by atoms with van der Waals surface area (Å²) < 4.78 is 5.59. The van der Waals surface area contributed by atoms with Gasteiger partial charge >= 0.3 is 0 Å². The van der Waals surface area contributed by atoms with Crippen LogP contribution in [0.2, 0.25) is 0 Å². The maximum absolute atomic E-state index is 5.59. The molecule has 0 aromatic carbocycles. The van der Waals surface area contributed by atoms with Crippen LogP contribution in [0.15, 0.2) is 12.3 Å². The SMILES string of the molecule is CCCOc1ccnc(N2CCCC2CCCBr)n1. The summed E-state index contributed by atoms with van der Waals surface area (Å²) in [6.45, 7) is 3.87. The smallest absolute Gasteiger partial charge is 0.228 e. The van der Waals surface area contributed by atoms with Gasteiger partial charge < -0.3 is 9.64 Å². The van der Waals surface area contributed by atoms with Crippen molar-refractivity contribution in [2.75, 3.05) is 23.4 Å². The molecule has 19 heavy (non-hydrogen) atoms. The van der Waals surface area contributed by atoms with E-state index in [1.54, 1.807) is 6.20 Å². The second-order valence-electron chi connectivity index (χ2n) is 4.86. The van der Waals surface area contributed by atoms with E-state index in [1.165, 1.54) is 25.7 Å². The Bertz CT molecular complexity index is 389. The summed E-state index contributed by atoms with van der Waals surface area (Å²) in [5, 5.41) is 1.07. The molecule has 0 radical (unpaired) electrons. The number of alkyl halides is 1. The maximum Gasteiger partial charge on any atom is 0.228 e. The van der Waals surface area contributed by atoms with E-state index in [1.807, 2.05) is 6.07 Å². The largest absolute Gasteiger partial charge is 0.478 e. The Kier molecular flexibility index (Phi) is 5.89. The van der Waals surface area contributed by atoms with Gasteiger partial charge in [-0.15, -0.1) is 0 Å². The fourth-order valence-electron chi connectivity index (χ4n) is 2.47. The molecule has 1 aromatic rings. The Hall–Kier alpha value is -0.840. The Morgan fingerprint density at radius 3 is 3.21 bits per heavy atom. The first-order valence-corrected chi connectivity index (χ1v) is 8.25. The minimum absolute atomic E-state index is 0.582. The fraction of sp³-hybridized carbons (Fsp3) is 0.714. The third-order valence-corrected chi connectivity index (χ3v) is 3.94. The molecule has 1 aliphatic rings. The molecule has 1 aliphatic heterocycles. The number of hydrogen-bond acceptors (Lipinski definition) is 4. The van der Waals surface area contributed by atoms with Crippen LogP contribution in [0.25, 0.3) is 0 Å². The van der Waals surface area contributed by atoms with Crippen LogP contribution in [0.4, 0.5) is 5.95 Å². The molecule has 0 saturated carbocycles. The number of rotatable bonds is 7. The molecule has 1 unspecified atom stereocenters. The summed E-state index contributed by atoms with van der Waals surface area (Å²) >= 11 is 3.50. The lowest BCUT2D eigenvalue weighted by Gasteiger charge is -2.24. The van der Waals surface area contributed by atoms with Crippen molar-refractivity contribution >= 4 is 21.9 Å². The van der Waals surface area contributed by atoms with Gasteiger partial charge in [0.2, 0.25) is 11.8 Å². The molecule has 0 N–H and O–H groups in total. The lowest BCUT2D eigenvalue weighted by Crippen LogP contribution is -2.30. The molecule has 4 nitrogen and oxygen atoms in total. The first-order valence-electron chi connectivity index (χ1n) is 7.13. The van der Waals surface area contributed by atoms with E-state index in [0.29, 0.717) is 18.5 Å². The van der Waals surface area contributed by atoms with Crippen molar-refractivity contribution in [2.24, 2.45) is 0 Å². The molecule has 0 bridgehead atoms. The summed E-state index contributed by atoms with van der Waals surface area (Å²) in [7, 11) is 0. The average molecular weight is 328 g/mol. The van der Waals surface area contributed by atoms with Gasteiger partial charge in [0.1, 0.15) is 0 Å². The highest BCUT2D eigenvalue weighted by atomic mass is 79.9. The first-order chi connectivity index (χ1) is 9.35. The molecule has 1 aromatic heterocycles. The Labute approximate surface area is 123 Å². The topological polar surface area (TPSA) is 38.2 Å². The van der Waals surface area contributed by atoms with Crippen molar-refractivity contribution in [2.45, 2.75) is 45.1 Å². The zero-order valence-corrected chi connectivity index (χ0v) is 13.1. The van der Waals surface area contributed by atoms with Crippen LogP contribution in [0, 0.1) is 0 Å². The van der Waals surface area contributed by atoms with Gasteiger partial charge in [-0.05, 0) is 32.1 Å². The number of anilines is 1. The van der Waals surface area contributed by atoms with Crippen LogP contribution in [0.1, 0.15) is 39.0 Å². The molecule has 1 fully saturated rings. The lowest BCUT2D eigenvalue weighted by molar-refractivity contribution is 0.304. The van der Waals surface area contributed by atoms with Crippen molar-refractivity contribution in [3.8, 4) is 5.88 Å². The molecule has 2 rings (SSSR count). The minimum atomic E-state index is 0.582. The number of nitrogens with zero attached hydrogens (tertiary/aromatic N) is 3. The Balaban J connectivity index is 2.03. The molecule has 0 amide bonds. The van der Waals surface area contributed by atoms with E-state index < -0.39 is 0 Å². The summed E-state index contributed by atoms with van der Waals surface area (Å²) in [5.74, 6) is 1.52. The molecule has 106 valence electrons. The predicted octanol–water partition coefficient (Wildman–Crippen LogP) is 3.41. The normalized spacial score (nSPS) is 18.8. The Morgan fingerprint density at radius 2 is 2.42 bits per heavy atom. The van der Waals surface area contributed by atoms with Crippen molar-refractivity contribution < 1.29 is 4.74 Å². The van der Waals surface area contributed by atoms with Gasteiger partial charge in [-0.25, -0.2) is 4.98 Å². The van der Waals surface area contributed by atoms with Crippen molar-refractivity contribution in [3.05, 3.63) is 12.3 Å². The lowest BCUT2D eigenvalue weighted by atomic mass is 10.1. The Morgan fingerprint density at radius 1 is 1.53 bits per heavy atom. The zero-order chi connectivity index (χ0) is 13.5. The van der Waals surface area contributed by atoms with Crippen LogP contribution >= 0.6 is 15.9 Å². The second kappa shape index (κ2) is 7.68. The first kappa shape index (κ1) is 14.6. The fourth-order valence-corrected chi connectivity index (χ4v) is 2.79. The van der Waals surface area contributed by atoms with Crippen LogP contribution in [0.5, 0.6) is 5.88 Å². The van der Waals surface area contributed by atoms with Crippen molar-refractivity contribution in [3.63, 3.8) is 0 Å². The van der Waals surface area contributed by atoms with E-state index >= 15 is 0 Å². The third-order valence-electron chi connectivity index (χ3n) is 3.38. The predicted molar refractivity (Wildman–Crippen MR) is 81.2 cm³/mol. The van der Waals surface area contributed by atoms with Crippen molar-refractivity contribution in [1.82, 2.24) is 9.97 Å². The van der Waals surface area contributed by atoms with E-state index in [-0.39, 0.29) is 0 Å². The molecular formula is C14H22BrN3O. The van der Waals surface area contributed by atoms with Crippen LogP contribution in [0.3, 0.4) is 0 Å². The molecule has 0 spiro atoms. The molecule has 0 aliphatic carbocycles. The molecule has 1 saturated heterocycles. The monoisotopic (exact) mass is 327 g/mol. The van der Waals surface area contributed by atoms with E-state index in [9.17, 15) is 0 Å². The molecule has 2 heterocycles. The van der Waals surface area contributed by atoms with E-state index in [0.717, 1.165) is 24.2 Å². The van der Waals surface area contributed by atoms with Gasteiger partial charge in [-0.3, -0.25) is 0 Å². The highest BCUT2D eigenvalue weighted by molar-refractivity contribution is 9.09. The quantitative estimate of drug-likeness (QED) is 0.719. The van der Waals surface area contributed by atoms with Crippen LogP contribution in [-0.4, -0.2) is 34.5 Å². The average Bonchev–Trinajstić information content (AvgIpc) is 2.91. The molecule has 5 heteroatoms. The summed E-state index contributed by atoms with van der Waals surface area (Å²) in [6.07, 6.45) is 7.68. The minimum Gasteiger partial charge on any atom is -0.478 e. The summed E-state index contributed by atoms with van der Waals surface area (Å²) in [5.41, 5.74) is 0. The van der Waals surface area contributed by atoms with Gasteiger partial charge in [0.05, 0.1) is 6.61 Å². The highest BCUT2D eigenvalue weighted by Crippen LogP contribution is 2.26. The zero-order valence-electron chi connectivity index (χ0n) is 11.5. The van der Waals surface area contributed by atoms with E-state index in [4.69, 9.17) is 4.74 Å². The van der Waals surface area contributed by atoms with Gasteiger partial charge in [0.15, 0.2) is 0 Å². The van der Waals surface area contributed by atoms with Gasteiger partial charge in [0.25, 0.3) is 0 Å². The number of hydrogen-bond donors (Lipinski definition) is 0. The van der Waals surface area contributed by atoms with Crippen LogP contribution in [-0.2, 0) is 0 Å². The number of ether oxygens (including phenoxy) is 1. The second-order valence-corrected chi connectivity index (χ2v) is 5.66. The maximum atomic E-state index is 5.59. The number of aromatic nitrogens is 2. The summed E-state index contributed by atoms with van der Waals surface area (Å²) in [4.78, 5) is 11.3. The van der Waals surface area contributed by atoms with Gasteiger partial charge in [-0.1, -0.05) is 22.9 Å². The van der Waals surface area contributed by atoms with Crippen molar-refractivity contribution in [1.29, 1.82) is 0 Å². The molecule has 1 atom stereocenters. The highest BCUT2D eigenvalue weighted by Gasteiger charge is 2.26. The molecular weight excluding hydrogens is 306 g/mol. The standard InChI is InChI=1S/C14H22BrN3O/c1-2-11-19-13-7-9-16-14(17-13)18-10-4-6-12(18)5-3-8-15/h7,9,12H,2-6,8,10-11H2,1H3. The van der Waals surface area contributed by atoms with E-state index in [2.05, 4.69) is 37.7 Å². The number of halogens is 1. The third kappa shape index (κ3) is 4.06. The van der Waals surface area contributed by atoms with Gasteiger partial charge in [0, 0.05) is 30.2 Å². The van der Waals surface area contributed by atoms with Gasteiger partial charge in [-0.2, -0.15) is 4.98 Å². The summed E-state index contributed by atoms with van der Waals surface area (Å²) in [6, 6.07) is 2.42. The van der Waals surface area contributed by atoms with Crippen LogP contribution < -0.4 is 9.64 Å².